The second-order valence-electron chi connectivity index (χ2n) is 5.82. The van der Waals surface area contributed by atoms with Crippen molar-refractivity contribution in [1.82, 2.24) is 9.97 Å². The molecule has 1 aromatic heterocycles. The van der Waals surface area contributed by atoms with E-state index in [1.807, 2.05) is 73.6 Å². The minimum absolute atomic E-state index is 0.776. The zero-order valence-electron chi connectivity index (χ0n) is 22.5. The van der Waals surface area contributed by atoms with Crippen molar-refractivity contribution in [3.05, 3.63) is 71.9 Å². The maximum atomic E-state index is 4.62. The van der Waals surface area contributed by atoms with Crippen LogP contribution in [0.4, 0.5) is 5.69 Å². The summed E-state index contributed by atoms with van der Waals surface area (Å²) in [5.74, 6) is 3.11. The van der Waals surface area contributed by atoms with Gasteiger partial charge in [-0.3, -0.25) is 0 Å². The van der Waals surface area contributed by atoms with Crippen LogP contribution in [-0.4, -0.2) is 16.5 Å². The molecule has 0 radical (unpaired) electrons. The number of hydrogen-bond donors (Lipinski definition) is 2. The average Bonchev–Trinajstić information content (AvgIpc) is 3.29. The van der Waals surface area contributed by atoms with Crippen LogP contribution in [0.5, 0.6) is 0 Å². The molecular formula is C30H47N3. The monoisotopic (exact) mass is 449 g/mol. The highest BCUT2D eigenvalue weighted by Gasteiger charge is 2.02. The van der Waals surface area contributed by atoms with Gasteiger partial charge in [0.15, 0.2) is 0 Å². The standard InChI is InChI=1S/C21H25N3.C3H4.3C2H6/c1-5-8-10-16(4)15-22-18-13-11-17(12-14-18)21-23-19(7-3)20(24-21)9-6-2;1-3-2;3*1-2/h5-9,11-14,22H,2,4,10,15H2,1,3H3,(H,23,24);1H,2H3;3*1-2H3/b8-5-,19-7+,20-9+;;;;. The highest BCUT2D eigenvalue weighted by molar-refractivity contribution is 5.60. The fourth-order valence-electron chi connectivity index (χ4n) is 2.33. The minimum Gasteiger partial charge on any atom is -0.381 e. The summed E-state index contributed by atoms with van der Waals surface area (Å²) in [6.45, 7) is 26.2. The molecule has 0 saturated heterocycles. The molecule has 0 atom stereocenters. The lowest BCUT2D eigenvalue weighted by molar-refractivity contribution is 1.12. The first-order chi connectivity index (χ1) is 16.1. The van der Waals surface area contributed by atoms with Gasteiger partial charge in [-0.1, -0.05) is 84.6 Å². The van der Waals surface area contributed by atoms with E-state index in [9.17, 15) is 0 Å². The van der Waals surface area contributed by atoms with Gasteiger partial charge < -0.3 is 10.3 Å². The molecule has 2 N–H and O–H groups in total. The van der Waals surface area contributed by atoms with E-state index in [1.165, 1.54) is 0 Å². The topological polar surface area (TPSA) is 40.7 Å². The molecule has 3 heteroatoms. The number of terminal acetylenes is 1. The van der Waals surface area contributed by atoms with E-state index in [0.29, 0.717) is 0 Å². The lowest BCUT2D eigenvalue weighted by atomic mass is 10.1. The Balaban J connectivity index is -0.000000882. The number of nitrogens with zero attached hydrogens (tertiary/aromatic N) is 1. The van der Waals surface area contributed by atoms with Gasteiger partial charge in [-0.15, -0.1) is 12.3 Å². The number of aromatic amines is 1. The molecule has 1 aromatic carbocycles. The number of H-pyrrole nitrogens is 1. The molecule has 2 rings (SSSR count). The minimum atomic E-state index is 0.776. The summed E-state index contributed by atoms with van der Waals surface area (Å²) in [5, 5.41) is 5.30. The second-order valence-corrected chi connectivity index (χ2v) is 5.82. The number of hydrogen-bond acceptors (Lipinski definition) is 2. The zero-order chi connectivity index (χ0) is 26.1. The van der Waals surface area contributed by atoms with Crippen LogP contribution in [0, 0.1) is 12.3 Å². The smallest absolute Gasteiger partial charge is 0.138 e. The van der Waals surface area contributed by atoms with Crippen LogP contribution in [0.15, 0.2) is 61.2 Å². The number of anilines is 1. The molecule has 0 aliphatic carbocycles. The predicted octanol–water partition coefficient (Wildman–Crippen LogP) is 7.50. The van der Waals surface area contributed by atoms with Gasteiger partial charge in [-0.2, -0.15) is 0 Å². The molecular weight excluding hydrogens is 402 g/mol. The van der Waals surface area contributed by atoms with Crippen LogP contribution in [-0.2, 0) is 0 Å². The Hall–Kier alpha value is -3.25. The van der Waals surface area contributed by atoms with Gasteiger partial charge in [-0.25, -0.2) is 4.98 Å². The molecule has 0 bridgehead atoms. The van der Waals surface area contributed by atoms with Crippen molar-refractivity contribution in [2.24, 2.45) is 0 Å². The molecule has 0 spiro atoms. The predicted molar refractivity (Wildman–Crippen MR) is 154 cm³/mol. The molecule has 33 heavy (non-hydrogen) atoms. The summed E-state index contributed by atoms with van der Waals surface area (Å²) in [4.78, 5) is 7.95. The average molecular weight is 450 g/mol. The quantitative estimate of drug-likeness (QED) is 0.339. The number of allylic oxidation sites excluding steroid dienone is 3. The summed E-state index contributed by atoms with van der Waals surface area (Å²) < 4.78 is 0. The van der Waals surface area contributed by atoms with Crippen molar-refractivity contribution in [2.75, 3.05) is 11.9 Å². The van der Waals surface area contributed by atoms with Crippen molar-refractivity contribution in [3.63, 3.8) is 0 Å². The highest BCUT2D eigenvalue weighted by Crippen LogP contribution is 2.17. The molecule has 2 aromatic rings. The Kier molecular flexibility index (Phi) is 26.0. The van der Waals surface area contributed by atoms with Gasteiger partial charge in [0.25, 0.3) is 0 Å². The maximum Gasteiger partial charge on any atom is 0.138 e. The van der Waals surface area contributed by atoms with Crippen molar-refractivity contribution < 1.29 is 0 Å². The molecule has 0 aliphatic heterocycles. The summed E-state index contributed by atoms with van der Waals surface area (Å²) in [7, 11) is 0. The van der Waals surface area contributed by atoms with Crippen LogP contribution in [0.3, 0.4) is 0 Å². The van der Waals surface area contributed by atoms with Crippen LogP contribution >= 0.6 is 0 Å². The molecule has 0 fully saturated rings. The van der Waals surface area contributed by atoms with E-state index in [4.69, 9.17) is 0 Å². The Morgan fingerprint density at radius 1 is 1.09 bits per heavy atom. The van der Waals surface area contributed by atoms with Gasteiger partial charge in [0.05, 0.1) is 10.7 Å². The van der Waals surface area contributed by atoms with Crippen molar-refractivity contribution in [3.8, 4) is 23.7 Å². The van der Waals surface area contributed by atoms with Crippen molar-refractivity contribution in [1.29, 1.82) is 0 Å². The van der Waals surface area contributed by atoms with Gasteiger partial charge in [-0.05, 0) is 57.5 Å². The number of nitrogens with one attached hydrogen (secondary N) is 2. The third kappa shape index (κ3) is 15.2. The van der Waals surface area contributed by atoms with E-state index < -0.39 is 0 Å². The maximum absolute atomic E-state index is 4.62. The lowest BCUT2D eigenvalue weighted by Crippen LogP contribution is -2.23. The number of aromatic nitrogens is 2. The van der Waals surface area contributed by atoms with E-state index in [0.717, 1.165) is 46.3 Å². The van der Waals surface area contributed by atoms with Crippen LogP contribution in [0.25, 0.3) is 23.5 Å². The normalized spacial score (nSPS) is 10.1. The largest absolute Gasteiger partial charge is 0.381 e. The van der Waals surface area contributed by atoms with Gasteiger partial charge in [0.1, 0.15) is 5.82 Å². The van der Waals surface area contributed by atoms with Crippen molar-refractivity contribution in [2.45, 2.75) is 68.7 Å². The van der Waals surface area contributed by atoms with E-state index >= 15 is 0 Å². The second kappa shape index (κ2) is 25.0. The first-order valence-electron chi connectivity index (χ1n) is 11.9. The summed E-state index contributed by atoms with van der Waals surface area (Å²) in [6.07, 6.45) is 15.3. The van der Waals surface area contributed by atoms with Crippen LogP contribution in [0.2, 0.25) is 0 Å². The summed E-state index contributed by atoms with van der Waals surface area (Å²) in [6, 6.07) is 8.25. The Morgan fingerprint density at radius 3 is 2.09 bits per heavy atom. The first kappa shape index (κ1) is 34.4. The first-order valence-corrected chi connectivity index (χ1v) is 11.9. The van der Waals surface area contributed by atoms with E-state index in [2.05, 4.69) is 71.1 Å². The van der Waals surface area contributed by atoms with Gasteiger partial charge in [0, 0.05) is 17.8 Å². The summed E-state index contributed by atoms with van der Waals surface area (Å²) in [5.41, 5.74) is 3.29. The Morgan fingerprint density at radius 2 is 1.64 bits per heavy atom. The molecule has 0 aliphatic rings. The fourth-order valence-corrected chi connectivity index (χ4v) is 2.33. The third-order valence-corrected chi connectivity index (χ3v) is 3.66. The number of rotatable bonds is 7. The van der Waals surface area contributed by atoms with E-state index in [1.54, 1.807) is 13.0 Å². The van der Waals surface area contributed by atoms with Crippen molar-refractivity contribution >= 4 is 17.8 Å². The Bertz CT molecular complexity index is 920. The SMILES string of the molecule is C#CC.C=C/C=c1/[nH]c(-c2ccc(NCC(=C)C/C=C\C)cc2)n/c1=C/C.CC.CC.CC. The summed E-state index contributed by atoms with van der Waals surface area (Å²) >= 11 is 0. The van der Waals surface area contributed by atoms with Gasteiger partial charge in [0.2, 0.25) is 0 Å². The highest BCUT2D eigenvalue weighted by atomic mass is 14.9. The molecule has 0 amide bonds. The fraction of sp³-hybridized carbons (Fsp3) is 0.367. The van der Waals surface area contributed by atoms with Crippen LogP contribution < -0.4 is 16.0 Å². The number of benzene rings is 1. The number of imidazole rings is 1. The van der Waals surface area contributed by atoms with Crippen LogP contribution in [0.1, 0.15) is 68.7 Å². The zero-order valence-corrected chi connectivity index (χ0v) is 22.5. The third-order valence-electron chi connectivity index (χ3n) is 3.66. The Labute approximate surface area is 204 Å². The lowest BCUT2D eigenvalue weighted by Gasteiger charge is -2.08. The molecule has 1 heterocycles. The molecule has 182 valence electrons. The van der Waals surface area contributed by atoms with Gasteiger partial charge >= 0.3 is 0 Å². The molecule has 0 saturated carbocycles. The molecule has 3 nitrogen and oxygen atoms in total. The van der Waals surface area contributed by atoms with E-state index in [-0.39, 0.29) is 0 Å². The molecule has 0 unspecified atom stereocenters.